The van der Waals surface area contributed by atoms with E-state index < -0.39 is 0 Å². The van der Waals surface area contributed by atoms with Crippen LogP contribution in [0, 0.1) is 12.8 Å². The van der Waals surface area contributed by atoms with Gasteiger partial charge in [0.15, 0.2) is 0 Å². The van der Waals surface area contributed by atoms with Crippen LogP contribution in [-0.4, -0.2) is 36.0 Å². The SMILES string of the molecule is CNC(=O)C1CCCN(c2nccc(C)c2C(N)=S)C1. The molecule has 0 radical (unpaired) electrons. The first-order valence-electron chi connectivity index (χ1n) is 6.76. The van der Waals surface area contributed by atoms with Crippen LogP contribution in [0.25, 0.3) is 0 Å². The third kappa shape index (κ3) is 2.90. The Hall–Kier alpha value is -1.69. The number of aryl methyl sites for hydroxylation is 1. The summed E-state index contributed by atoms with van der Waals surface area (Å²) in [5.41, 5.74) is 7.67. The molecular formula is C14H20N4OS. The highest BCUT2D eigenvalue weighted by atomic mass is 32.1. The third-order valence-corrected chi connectivity index (χ3v) is 3.93. The van der Waals surface area contributed by atoms with Gasteiger partial charge in [-0.3, -0.25) is 4.79 Å². The van der Waals surface area contributed by atoms with Gasteiger partial charge in [-0.15, -0.1) is 0 Å². The highest BCUT2D eigenvalue weighted by molar-refractivity contribution is 7.80. The van der Waals surface area contributed by atoms with E-state index in [0.717, 1.165) is 36.3 Å². The van der Waals surface area contributed by atoms with Gasteiger partial charge in [0.05, 0.1) is 11.5 Å². The Balaban J connectivity index is 2.30. The first-order valence-corrected chi connectivity index (χ1v) is 7.17. The Morgan fingerprint density at radius 3 is 3.00 bits per heavy atom. The number of thiocarbonyl (C=S) groups is 1. The first-order chi connectivity index (χ1) is 9.54. The average molecular weight is 292 g/mol. The summed E-state index contributed by atoms with van der Waals surface area (Å²) in [7, 11) is 1.67. The number of hydrogen-bond acceptors (Lipinski definition) is 4. The van der Waals surface area contributed by atoms with Crippen molar-refractivity contribution in [2.24, 2.45) is 11.7 Å². The number of anilines is 1. The maximum Gasteiger partial charge on any atom is 0.224 e. The van der Waals surface area contributed by atoms with E-state index in [1.165, 1.54) is 0 Å². The van der Waals surface area contributed by atoms with Crippen molar-refractivity contribution in [2.75, 3.05) is 25.0 Å². The van der Waals surface area contributed by atoms with Crippen LogP contribution in [0.1, 0.15) is 24.0 Å². The molecule has 0 spiro atoms. The van der Waals surface area contributed by atoms with E-state index >= 15 is 0 Å². The summed E-state index contributed by atoms with van der Waals surface area (Å²) >= 11 is 5.14. The summed E-state index contributed by atoms with van der Waals surface area (Å²) < 4.78 is 0. The van der Waals surface area contributed by atoms with Crippen molar-refractivity contribution >= 4 is 28.9 Å². The molecule has 1 aliphatic rings. The summed E-state index contributed by atoms with van der Waals surface area (Å²) in [5, 5.41) is 2.72. The second-order valence-electron chi connectivity index (χ2n) is 5.09. The number of nitrogens with two attached hydrogens (primary N) is 1. The Labute approximate surface area is 124 Å². The number of carbonyl (C=O) groups is 1. The Bertz CT molecular complexity index is 532. The smallest absolute Gasteiger partial charge is 0.224 e. The van der Waals surface area contributed by atoms with Crippen molar-refractivity contribution in [3.05, 3.63) is 23.4 Å². The van der Waals surface area contributed by atoms with Gasteiger partial charge in [-0.05, 0) is 31.4 Å². The zero-order chi connectivity index (χ0) is 14.7. The zero-order valence-corrected chi connectivity index (χ0v) is 12.7. The molecule has 1 aromatic rings. The minimum Gasteiger partial charge on any atom is -0.389 e. The maximum atomic E-state index is 11.8. The monoisotopic (exact) mass is 292 g/mol. The van der Waals surface area contributed by atoms with Crippen molar-refractivity contribution < 1.29 is 4.79 Å². The molecule has 0 saturated carbocycles. The van der Waals surface area contributed by atoms with Crippen LogP contribution in [0.4, 0.5) is 5.82 Å². The van der Waals surface area contributed by atoms with Crippen LogP contribution in [0.3, 0.4) is 0 Å². The fourth-order valence-electron chi connectivity index (χ4n) is 2.68. The molecule has 0 aliphatic carbocycles. The molecule has 0 bridgehead atoms. The number of pyridine rings is 1. The second kappa shape index (κ2) is 6.17. The van der Waals surface area contributed by atoms with Gasteiger partial charge in [-0.25, -0.2) is 4.98 Å². The van der Waals surface area contributed by atoms with E-state index in [2.05, 4.69) is 15.2 Å². The van der Waals surface area contributed by atoms with Crippen LogP contribution in [0.2, 0.25) is 0 Å². The molecule has 1 aromatic heterocycles. The minimum absolute atomic E-state index is 0.00439. The predicted octanol–water partition coefficient (Wildman–Crippen LogP) is 0.987. The molecule has 1 aliphatic heterocycles. The summed E-state index contributed by atoms with van der Waals surface area (Å²) in [4.78, 5) is 18.7. The van der Waals surface area contributed by atoms with Crippen molar-refractivity contribution in [1.82, 2.24) is 10.3 Å². The van der Waals surface area contributed by atoms with Gasteiger partial charge in [-0.1, -0.05) is 12.2 Å². The van der Waals surface area contributed by atoms with Gasteiger partial charge >= 0.3 is 0 Å². The molecular weight excluding hydrogens is 272 g/mol. The van der Waals surface area contributed by atoms with E-state index in [0.29, 0.717) is 11.5 Å². The highest BCUT2D eigenvalue weighted by Crippen LogP contribution is 2.26. The number of hydrogen-bond donors (Lipinski definition) is 2. The van der Waals surface area contributed by atoms with Crippen LogP contribution >= 0.6 is 12.2 Å². The minimum atomic E-state index is -0.00439. The molecule has 1 amide bonds. The molecule has 2 rings (SSSR count). The normalized spacial score (nSPS) is 18.7. The molecule has 0 aromatic carbocycles. The Kier molecular flexibility index (Phi) is 4.54. The number of aromatic nitrogens is 1. The topological polar surface area (TPSA) is 71.2 Å². The number of rotatable bonds is 3. The van der Waals surface area contributed by atoms with E-state index in [-0.39, 0.29) is 11.8 Å². The highest BCUT2D eigenvalue weighted by Gasteiger charge is 2.27. The maximum absolute atomic E-state index is 11.8. The number of piperidine rings is 1. The molecule has 1 atom stereocenters. The molecule has 5 nitrogen and oxygen atoms in total. The molecule has 20 heavy (non-hydrogen) atoms. The average Bonchev–Trinajstić information content (AvgIpc) is 2.45. The number of nitrogens with one attached hydrogen (secondary N) is 1. The Morgan fingerprint density at radius 2 is 2.35 bits per heavy atom. The van der Waals surface area contributed by atoms with Crippen molar-refractivity contribution in [3.8, 4) is 0 Å². The van der Waals surface area contributed by atoms with Gasteiger partial charge in [-0.2, -0.15) is 0 Å². The fraction of sp³-hybridized carbons (Fsp3) is 0.500. The molecule has 6 heteroatoms. The largest absolute Gasteiger partial charge is 0.389 e. The zero-order valence-electron chi connectivity index (χ0n) is 11.8. The summed E-state index contributed by atoms with van der Waals surface area (Å²) in [6.45, 7) is 3.51. The van der Waals surface area contributed by atoms with E-state index in [9.17, 15) is 4.79 Å². The van der Waals surface area contributed by atoms with Crippen LogP contribution in [0.15, 0.2) is 12.3 Å². The van der Waals surface area contributed by atoms with Crippen molar-refractivity contribution in [2.45, 2.75) is 19.8 Å². The second-order valence-corrected chi connectivity index (χ2v) is 5.53. The van der Waals surface area contributed by atoms with Crippen molar-refractivity contribution in [1.29, 1.82) is 0 Å². The van der Waals surface area contributed by atoms with Gasteiger partial charge in [0, 0.05) is 26.3 Å². The summed E-state index contributed by atoms with van der Waals surface area (Å²) in [5.74, 6) is 0.876. The summed E-state index contributed by atoms with van der Waals surface area (Å²) in [6, 6.07) is 1.90. The predicted molar refractivity (Wildman–Crippen MR) is 83.9 cm³/mol. The van der Waals surface area contributed by atoms with Gasteiger partial charge < -0.3 is 16.0 Å². The van der Waals surface area contributed by atoms with Crippen LogP contribution in [-0.2, 0) is 4.79 Å². The van der Waals surface area contributed by atoms with E-state index in [1.54, 1.807) is 13.2 Å². The third-order valence-electron chi connectivity index (χ3n) is 3.72. The lowest BCUT2D eigenvalue weighted by atomic mass is 9.96. The van der Waals surface area contributed by atoms with Gasteiger partial charge in [0.25, 0.3) is 0 Å². The lowest BCUT2D eigenvalue weighted by molar-refractivity contribution is -0.124. The van der Waals surface area contributed by atoms with E-state index in [4.69, 9.17) is 18.0 Å². The molecule has 2 heterocycles. The standard InChI is InChI=1S/C14H20N4OS/c1-9-5-6-17-13(11(9)12(15)20)18-7-3-4-10(8-18)14(19)16-2/h5-6,10H,3-4,7-8H2,1-2H3,(H2,15,20)(H,16,19). The van der Waals surface area contributed by atoms with Gasteiger partial charge in [0.2, 0.25) is 5.91 Å². The number of amides is 1. The fourth-order valence-corrected chi connectivity index (χ4v) is 2.93. The van der Waals surface area contributed by atoms with Crippen molar-refractivity contribution in [3.63, 3.8) is 0 Å². The molecule has 1 saturated heterocycles. The van der Waals surface area contributed by atoms with Crippen LogP contribution < -0.4 is 16.0 Å². The quantitative estimate of drug-likeness (QED) is 0.813. The molecule has 3 N–H and O–H groups in total. The van der Waals surface area contributed by atoms with Crippen LogP contribution in [0.5, 0.6) is 0 Å². The first kappa shape index (κ1) is 14.7. The lowest BCUT2D eigenvalue weighted by Gasteiger charge is -2.34. The molecule has 1 unspecified atom stereocenters. The molecule has 108 valence electrons. The lowest BCUT2D eigenvalue weighted by Crippen LogP contribution is -2.43. The number of nitrogens with zero attached hydrogens (tertiary/aromatic N) is 2. The van der Waals surface area contributed by atoms with Gasteiger partial charge in [0.1, 0.15) is 10.8 Å². The molecule has 1 fully saturated rings. The van der Waals surface area contributed by atoms with E-state index in [1.807, 2.05) is 13.0 Å². The summed E-state index contributed by atoms with van der Waals surface area (Å²) in [6.07, 6.45) is 3.63. The number of carbonyl (C=O) groups excluding carboxylic acids is 1. The Morgan fingerprint density at radius 1 is 1.60 bits per heavy atom.